The first-order chi connectivity index (χ1) is 10.8. The molecule has 2 aromatic carbocycles. The molecular weight excluding hydrogens is 272 g/mol. The van der Waals surface area contributed by atoms with Crippen molar-refractivity contribution in [2.75, 3.05) is 11.4 Å². The van der Waals surface area contributed by atoms with E-state index >= 15 is 0 Å². The van der Waals surface area contributed by atoms with Gasteiger partial charge in [-0.15, -0.1) is 0 Å². The van der Waals surface area contributed by atoms with Gasteiger partial charge in [-0.25, -0.2) is 0 Å². The fraction of sp³-hybridized carbons (Fsp3) is 0.211. The number of carbonyl (C=O) groups excluding carboxylic acids is 1. The van der Waals surface area contributed by atoms with Crippen LogP contribution in [0.15, 0.2) is 54.7 Å². The average Bonchev–Trinajstić information content (AvgIpc) is 2.95. The number of para-hydroxylation sites is 2. The molecule has 0 saturated heterocycles. The minimum Gasteiger partial charge on any atom is -0.350 e. The molecule has 0 unspecified atom stereocenters. The summed E-state index contributed by atoms with van der Waals surface area (Å²) in [6, 6.07) is 16.2. The van der Waals surface area contributed by atoms with Crippen LogP contribution >= 0.6 is 0 Å². The summed E-state index contributed by atoms with van der Waals surface area (Å²) in [6.07, 6.45) is 4.08. The van der Waals surface area contributed by atoms with Crippen LogP contribution in [0, 0.1) is 0 Å². The van der Waals surface area contributed by atoms with Gasteiger partial charge in [0, 0.05) is 30.9 Å². The number of hydrogen-bond donors (Lipinski definition) is 0. The summed E-state index contributed by atoms with van der Waals surface area (Å²) in [5.41, 5.74) is 4.11. The molecule has 3 heteroatoms. The quantitative estimate of drug-likeness (QED) is 0.669. The monoisotopic (exact) mass is 290 g/mol. The van der Waals surface area contributed by atoms with Crippen molar-refractivity contribution in [1.29, 1.82) is 0 Å². The summed E-state index contributed by atoms with van der Waals surface area (Å²) in [5.74, 6) is 0.0968. The van der Waals surface area contributed by atoms with Gasteiger partial charge in [0.25, 0.3) is 5.91 Å². The number of rotatable bonds is 1. The van der Waals surface area contributed by atoms with Crippen LogP contribution in [-0.4, -0.2) is 17.0 Å². The van der Waals surface area contributed by atoms with Crippen molar-refractivity contribution in [2.45, 2.75) is 12.8 Å². The van der Waals surface area contributed by atoms with Gasteiger partial charge in [0.15, 0.2) is 0 Å². The molecule has 0 atom stereocenters. The Morgan fingerprint density at radius 2 is 1.91 bits per heavy atom. The van der Waals surface area contributed by atoms with Crippen LogP contribution in [0.5, 0.6) is 0 Å². The zero-order chi connectivity index (χ0) is 15.1. The maximum Gasteiger partial charge on any atom is 0.260 e. The highest BCUT2D eigenvalue weighted by atomic mass is 16.2. The molecule has 2 heterocycles. The minimum absolute atomic E-state index is 0.0968. The number of anilines is 1. The molecule has 110 valence electrons. The van der Waals surface area contributed by atoms with Crippen LogP contribution in [0.2, 0.25) is 0 Å². The Hall–Kier alpha value is -2.55. The van der Waals surface area contributed by atoms with Crippen LogP contribution in [-0.2, 0) is 13.5 Å². The maximum absolute atomic E-state index is 13.1. The van der Waals surface area contributed by atoms with Gasteiger partial charge < -0.3 is 9.47 Å². The lowest BCUT2D eigenvalue weighted by Gasteiger charge is -2.29. The molecule has 1 aliphatic heterocycles. The Balaban J connectivity index is 1.84. The number of fused-ring (bicyclic) bond motifs is 2. The Labute approximate surface area is 129 Å². The zero-order valence-electron chi connectivity index (χ0n) is 12.6. The van der Waals surface area contributed by atoms with Gasteiger partial charge in [-0.2, -0.15) is 0 Å². The molecule has 0 N–H and O–H groups in total. The summed E-state index contributed by atoms with van der Waals surface area (Å²) >= 11 is 0. The molecule has 0 fully saturated rings. The van der Waals surface area contributed by atoms with Crippen molar-refractivity contribution in [1.82, 2.24) is 4.57 Å². The highest BCUT2D eigenvalue weighted by Crippen LogP contribution is 2.29. The predicted molar refractivity (Wildman–Crippen MR) is 89.4 cm³/mol. The lowest BCUT2D eigenvalue weighted by molar-refractivity contribution is 0.0986. The van der Waals surface area contributed by atoms with Crippen molar-refractivity contribution < 1.29 is 4.79 Å². The number of carbonyl (C=O) groups is 1. The van der Waals surface area contributed by atoms with Gasteiger partial charge in [0.2, 0.25) is 0 Å². The minimum atomic E-state index is 0.0968. The summed E-state index contributed by atoms with van der Waals surface area (Å²) in [6.45, 7) is 0.788. The van der Waals surface area contributed by atoms with Crippen LogP contribution in [0.4, 0.5) is 5.69 Å². The van der Waals surface area contributed by atoms with E-state index in [1.54, 1.807) is 0 Å². The zero-order valence-corrected chi connectivity index (χ0v) is 12.6. The fourth-order valence-corrected chi connectivity index (χ4v) is 3.42. The molecule has 0 saturated carbocycles. The molecule has 3 nitrogen and oxygen atoms in total. The van der Waals surface area contributed by atoms with Gasteiger partial charge in [-0.3, -0.25) is 4.79 Å². The first kappa shape index (κ1) is 13.1. The molecule has 1 aliphatic rings. The van der Waals surface area contributed by atoms with E-state index in [2.05, 4.69) is 24.3 Å². The fourth-order valence-electron chi connectivity index (χ4n) is 3.42. The van der Waals surface area contributed by atoms with Crippen LogP contribution < -0.4 is 4.90 Å². The van der Waals surface area contributed by atoms with Crippen LogP contribution in [0.3, 0.4) is 0 Å². The van der Waals surface area contributed by atoms with E-state index in [4.69, 9.17) is 0 Å². The SMILES string of the molecule is Cn1ccc2cccc(C(=O)N3CCCc4ccccc43)c21. The Bertz CT molecular complexity index is 863. The summed E-state index contributed by atoms with van der Waals surface area (Å²) in [5, 5.41) is 1.11. The number of amides is 1. The summed E-state index contributed by atoms with van der Waals surface area (Å²) in [4.78, 5) is 15.1. The van der Waals surface area contributed by atoms with Crippen LogP contribution in [0.25, 0.3) is 10.9 Å². The second-order valence-electron chi connectivity index (χ2n) is 5.86. The van der Waals surface area contributed by atoms with Gasteiger partial charge >= 0.3 is 0 Å². The largest absolute Gasteiger partial charge is 0.350 e. The second kappa shape index (κ2) is 5.02. The molecule has 4 rings (SSSR count). The normalized spacial score (nSPS) is 14.1. The average molecular weight is 290 g/mol. The van der Waals surface area contributed by atoms with E-state index in [0.29, 0.717) is 0 Å². The molecule has 0 radical (unpaired) electrons. The van der Waals surface area contributed by atoms with E-state index in [1.165, 1.54) is 5.56 Å². The van der Waals surface area contributed by atoms with Gasteiger partial charge in [-0.05, 0) is 36.6 Å². The molecule has 0 aliphatic carbocycles. The first-order valence-corrected chi connectivity index (χ1v) is 7.69. The Kier molecular flexibility index (Phi) is 3.00. The third-order valence-electron chi connectivity index (χ3n) is 4.48. The number of hydrogen-bond acceptors (Lipinski definition) is 1. The maximum atomic E-state index is 13.1. The highest BCUT2D eigenvalue weighted by Gasteiger charge is 2.24. The molecule has 0 bridgehead atoms. The van der Waals surface area contributed by atoms with Crippen molar-refractivity contribution in [3.05, 3.63) is 65.9 Å². The van der Waals surface area contributed by atoms with Crippen LogP contribution in [0.1, 0.15) is 22.3 Å². The van der Waals surface area contributed by atoms with E-state index < -0.39 is 0 Å². The van der Waals surface area contributed by atoms with Crippen molar-refractivity contribution in [2.24, 2.45) is 7.05 Å². The van der Waals surface area contributed by atoms with Gasteiger partial charge in [0.1, 0.15) is 0 Å². The van der Waals surface area contributed by atoms with E-state index in [0.717, 1.165) is 41.5 Å². The number of nitrogens with zero attached hydrogens (tertiary/aromatic N) is 2. The number of benzene rings is 2. The lowest BCUT2D eigenvalue weighted by atomic mass is 10.0. The lowest BCUT2D eigenvalue weighted by Crippen LogP contribution is -2.35. The Morgan fingerprint density at radius 3 is 2.82 bits per heavy atom. The van der Waals surface area contributed by atoms with Gasteiger partial charge in [0.05, 0.1) is 11.1 Å². The first-order valence-electron chi connectivity index (χ1n) is 7.69. The van der Waals surface area contributed by atoms with Crippen molar-refractivity contribution in [3.63, 3.8) is 0 Å². The third-order valence-corrected chi connectivity index (χ3v) is 4.48. The van der Waals surface area contributed by atoms with Crippen molar-refractivity contribution in [3.8, 4) is 0 Å². The second-order valence-corrected chi connectivity index (χ2v) is 5.86. The number of aromatic nitrogens is 1. The topological polar surface area (TPSA) is 25.2 Å². The highest BCUT2D eigenvalue weighted by molar-refractivity contribution is 6.13. The van der Waals surface area contributed by atoms with E-state index in [1.807, 2.05) is 47.0 Å². The van der Waals surface area contributed by atoms with Gasteiger partial charge in [-0.1, -0.05) is 30.3 Å². The standard InChI is InChI=1S/C19H18N2O/c1-20-13-11-15-7-4-9-16(18(15)20)19(22)21-12-5-8-14-6-2-3-10-17(14)21/h2-4,6-7,9-11,13H,5,8,12H2,1H3. The third kappa shape index (κ3) is 1.93. The molecule has 1 aromatic heterocycles. The van der Waals surface area contributed by atoms with E-state index in [-0.39, 0.29) is 5.91 Å². The molecular formula is C19H18N2O. The molecule has 0 spiro atoms. The summed E-state index contributed by atoms with van der Waals surface area (Å²) < 4.78 is 2.03. The smallest absolute Gasteiger partial charge is 0.260 e. The molecule has 3 aromatic rings. The number of aryl methyl sites for hydroxylation is 2. The predicted octanol–water partition coefficient (Wildman–Crippen LogP) is 3.77. The Morgan fingerprint density at radius 1 is 1.05 bits per heavy atom. The summed E-state index contributed by atoms with van der Waals surface area (Å²) in [7, 11) is 1.99. The van der Waals surface area contributed by atoms with E-state index in [9.17, 15) is 4.79 Å². The van der Waals surface area contributed by atoms with Crippen molar-refractivity contribution >= 4 is 22.5 Å². The molecule has 1 amide bonds. The molecule has 22 heavy (non-hydrogen) atoms.